The van der Waals surface area contributed by atoms with Crippen molar-refractivity contribution in [3.63, 3.8) is 0 Å². The number of rotatable bonds is 4. The number of anilines is 1. The summed E-state index contributed by atoms with van der Waals surface area (Å²) in [7, 11) is 0. The van der Waals surface area contributed by atoms with Crippen molar-refractivity contribution in [3.05, 3.63) is 99.9 Å². The summed E-state index contributed by atoms with van der Waals surface area (Å²) in [6.45, 7) is 8.46. The van der Waals surface area contributed by atoms with E-state index in [-0.39, 0.29) is 11.4 Å². The minimum atomic E-state index is -0.329. The predicted octanol–water partition coefficient (Wildman–Crippen LogP) is 4.46. The Labute approximate surface area is 192 Å². The Bertz CT molecular complexity index is 1360. The predicted molar refractivity (Wildman–Crippen MR) is 131 cm³/mol. The highest BCUT2D eigenvalue weighted by molar-refractivity contribution is 5.77. The van der Waals surface area contributed by atoms with Crippen molar-refractivity contribution in [1.82, 2.24) is 14.5 Å². The molecule has 0 aliphatic carbocycles. The molecule has 0 amide bonds. The Balaban J connectivity index is 1.44. The van der Waals surface area contributed by atoms with Crippen LogP contribution in [0.1, 0.15) is 17.0 Å². The number of aryl methyl sites for hydroxylation is 1. The normalized spacial score (nSPS) is 14.7. The molecule has 3 aromatic carbocycles. The molecule has 2 heterocycles. The fourth-order valence-electron chi connectivity index (χ4n) is 4.57. The maximum absolute atomic E-state index is 13.5. The second kappa shape index (κ2) is 8.79. The largest absolute Gasteiger partial charge is 0.369 e. The topological polar surface area (TPSA) is 41.4 Å². The minimum absolute atomic E-state index is 0.128. The van der Waals surface area contributed by atoms with Crippen molar-refractivity contribution in [1.29, 1.82) is 0 Å². The van der Waals surface area contributed by atoms with E-state index >= 15 is 0 Å². The molecule has 5 rings (SSSR count). The third kappa shape index (κ3) is 4.14. The van der Waals surface area contributed by atoms with Crippen LogP contribution in [0, 0.1) is 19.7 Å². The van der Waals surface area contributed by atoms with E-state index in [0.717, 1.165) is 26.2 Å². The van der Waals surface area contributed by atoms with Gasteiger partial charge in [0, 0.05) is 31.9 Å². The molecule has 1 saturated heterocycles. The highest BCUT2D eigenvalue weighted by atomic mass is 19.1. The monoisotopic (exact) mass is 442 g/mol. The minimum Gasteiger partial charge on any atom is -0.369 e. The van der Waals surface area contributed by atoms with Gasteiger partial charge in [-0.1, -0.05) is 24.3 Å². The molecule has 1 fully saturated rings. The van der Waals surface area contributed by atoms with Gasteiger partial charge in [0.05, 0.1) is 23.1 Å². The Kier molecular flexibility index (Phi) is 5.68. The van der Waals surface area contributed by atoms with Crippen LogP contribution in [-0.4, -0.2) is 40.6 Å². The van der Waals surface area contributed by atoms with Crippen LogP contribution >= 0.6 is 0 Å². The van der Waals surface area contributed by atoms with Gasteiger partial charge in [-0.05, 0) is 67.4 Å². The number of hydrogen-bond donors (Lipinski definition) is 0. The highest BCUT2D eigenvalue weighted by Crippen LogP contribution is 2.24. The van der Waals surface area contributed by atoms with Crippen LogP contribution in [0.2, 0.25) is 0 Å². The van der Waals surface area contributed by atoms with Crippen molar-refractivity contribution in [3.8, 4) is 5.69 Å². The number of hydrogen-bond acceptors (Lipinski definition) is 4. The van der Waals surface area contributed by atoms with E-state index < -0.39 is 0 Å². The van der Waals surface area contributed by atoms with E-state index in [1.165, 1.54) is 28.9 Å². The summed E-state index contributed by atoms with van der Waals surface area (Å²) >= 11 is 0. The molecule has 0 radical (unpaired) electrons. The lowest BCUT2D eigenvalue weighted by Crippen LogP contribution is -2.47. The summed E-state index contributed by atoms with van der Waals surface area (Å²) in [5, 5.41) is 0.560. The van der Waals surface area contributed by atoms with Gasteiger partial charge in [0.2, 0.25) is 0 Å². The van der Waals surface area contributed by atoms with Crippen molar-refractivity contribution in [2.45, 2.75) is 20.4 Å². The van der Waals surface area contributed by atoms with Crippen LogP contribution in [0.15, 0.2) is 71.5 Å². The lowest BCUT2D eigenvalue weighted by Gasteiger charge is -2.37. The van der Waals surface area contributed by atoms with Crippen LogP contribution in [0.25, 0.3) is 16.6 Å². The zero-order chi connectivity index (χ0) is 22.9. The molecule has 0 N–H and O–H groups in total. The number of benzene rings is 3. The maximum atomic E-state index is 13.5. The van der Waals surface area contributed by atoms with E-state index in [2.05, 4.69) is 41.8 Å². The molecule has 0 atom stereocenters. The van der Waals surface area contributed by atoms with E-state index in [4.69, 9.17) is 4.98 Å². The summed E-state index contributed by atoms with van der Waals surface area (Å²) in [6.07, 6.45) is 0. The summed E-state index contributed by atoms with van der Waals surface area (Å²) in [5.41, 5.74) is 5.11. The first-order valence-corrected chi connectivity index (χ1v) is 11.3. The Hall–Kier alpha value is -3.51. The molecule has 1 aliphatic heterocycles. The molecular weight excluding hydrogens is 415 g/mol. The van der Waals surface area contributed by atoms with Crippen molar-refractivity contribution >= 4 is 16.6 Å². The lowest BCUT2D eigenvalue weighted by atomic mass is 10.1. The van der Waals surface area contributed by atoms with Crippen molar-refractivity contribution < 1.29 is 4.39 Å². The Morgan fingerprint density at radius 3 is 2.36 bits per heavy atom. The second-order valence-corrected chi connectivity index (χ2v) is 8.64. The number of para-hydroxylation sites is 1. The van der Waals surface area contributed by atoms with Crippen LogP contribution in [-0.2, 0) is 6.54 Å². The van der Waals surface area contributed by atoms with E-state index in [1.54, 1.807) is 22.8 Å². The van der Waals surface area contributed by atoms with Crippen molar-refractivity contribution in [2.75, 3.05) is 31.1 Å². The van der Waals surface area contributed by atoms with E-state index in [0.29, 0.717) is 29.0 Å². The van der Waals surface area contributed by atoms with Crippen LogP contribution in [0.4, 0.5) is 10.1 Å². The molecule has 1 aromatic heterocycles. The van der Waals surface area contributed by atoms with Gasteiger partial charge in [0.15, 0.2) is 0 Å². The molecule has 4 aromatic rings. The third-order valence-corrected chi connectivity index (χ3v) is 6.58. The fraction of sp³-hybridized carbons (Fsp3) is 0.259. The van der Waals surface area contributed by atoms with Gasteiger partial charge in [-0.2, -0.15) is 0 Å². The molecule has 5 nitrogen and oxygen atoms in total. The number of piperazine rings is 1. The Morgan fingerprint density at radius 2 is 1.61 bits per heavy atom. The van der Waals surface area contributed by atoms with E-state index in [9.17, 15) is 9.18 Å². The average molecular weight is 443 g/mol. The first-order chi connectivity index (χ1) is 16.0. The summed E-state index contributed by atoms with van der Waals surface area (Å²) in [4.78, 5) is 23.0. The average Bonchev–Trinajstić information content (AvgIpc) is 2.83. The zero-order valence-corrected chi connectivity index (χ0v) is 19.0. The summed E-state index contributed by atoms with van der Waals surface area (Å²) < 4.78 is 15.2. The smallest absolute Gasteiger partial charge is 0.266 e. The first kappa shape index (κ1) is 21.3. The molecule has 0 saturated carbocycles. The molecule has 6 heteroatoms. The van der Waals surface area contributed by atoms with Gasteiger partial charge in [0.25, 0.3) is 5.56 Å². The Morgan fingerprint density at radius 1 is 0.879 bits per heavy atom. The molecule has 0 bridgehead atoms. The second-order valence-electron chi connectivity index (χ2n) is 8.64. The molecule has 0 unspecified atom stereocenters. The maximum Gasteiger partial charge on any atom is 0.266 e. The zero-order valence-electron chi connectivity index (χ0n) is 19.0. The number of fused-ring (bicyclic) bond motifs is 1. The van der Waals surface area contributed by atoms with Gasteiger partial charge < -0.3 is 4.90 Å². The van der Waals surface area contributed by atoms with Crippen LogP contribution < -0.4 is 10.5 Å². The van der Waals surface area contributed by atoms with Crippen LogP contribution in [0.5, 0.6) is 0 Å². The molecule has 0 spiro atoms. The number of nitrogens with zero attached hydrogens (tertiary/aromatic N) is 4. The summed E-state index contributed by atoms with van der Waals surface area (Å²) in [6, 6.07) is 19.9. The molecule has 1 aliphatic rings. The summed E-state index contributed by atoms with van der Waals surface area (Å²) in [5.74, 6) is 0.343. The van der Waals surface area contributed by atoms with Crippen LogP contribution in [0.3, 0.4) is 0 Å². The first-order valence-electron chi connectivity index (χ1n) is 11.3. The number of aromatic nitrogens is 2. The molecule has 33 heavy (non-hydrogen) atoms. The standard InChI is InChI=1S/C27H27FN4O/c1-19-6-5-9-25(20(19)2)31-16-14-30(15-17-31)18-26-29-24-8-4-3-7-23(24)27(33)32(26)22-12-10-21(28)11-13-22/h3-13H,14-18H2,1-2H3. The fourth-order valence-corrected chi connectivity index (χ4v) is 4.57. The van der Waals surface area contributed by atoms with Gasteiger partial charge in [-0.3, -0.25) is 14.3 Å². The third-order valence-electron chi connectivity index (χ3n) is 6.58. The number of halogens is 1. The van der Waals surface area contributed by atoms with Gasteiger partial charge in [-0.15, -0.1) is 0 Å². The van der Waals surface area contributed by atoms with Crippen molar-refractivity contribution in [2.24, 2.45) is 0 Å². The van der Waals surface area contributed by atoms with E-state index in [1.807, 2.05) is 18.2 Å². The molecule has 168 valence electrons. The SMILES string of the molecule is Cc1cccc(N2CCN(Cc3nc4ccccc4c(=O)n3-c3ccc(F)cc3)CC2)c1C. The van der Waals surface area contributed by atoms with Gasteiger partial charge >= 0.3 is 0 Å². The molecular formula is C27H27FN4O. The quantitative estimate of drug-likeness (QED) is 0.468. The van der Waals surface area contributed by atoms with Gasteiger partial charge in [-0.25, -0.2) is 9.37 Å². The highest BCUT2D eigenvalue weighted by Gasteiger charge is 2.21. The lowest BCUT2D eigenvalue weighted by molar-refractivity contribution is 0.242. The van der Waals surface area contributed by atoms with Gasteiger partial charge in [0.1, 0.15) is 11.6 Å².